The van der Waals surface area contributed by atoms with Crippen LogP contribution in [0.3, 0.4) is 0 Å². The van der Waals surface area contributed by atoms with Crippen molar-refractivity contribution in [3.8, 4) is 11.5 Å². The number of rotatable bonds is 3. The van der Waals surface area contributed by atoms with Gasteiger partial charge < -0.3 is 14.6 Å². The average molecular weight is 226 g/mol. The minimum absolute atomic E-state index is 0.369. The van der Waals surface area contributed by atoms with E-state index in [4.69, 9.17) is 9.47 Å². The van der Waals surface area contributed by atoms with Gasteiger partial charge in [0.05, 0.1) is 18.1 Å². The van der Waals surface area contributed by atoms with Gasteiger partial charge in [-0.05, 0) is 19.1 Å². The molecule has 1 heterocycles. The summed E-state index contributed by atoms with van der Waals surface area (Å²) in [6, 6.07) is 3.94. The van der Waals surface area contributed by atoms with Crippen LogP contribution in [0.1, 0.15) is 12.5 Å². The van der Waals surface area contributed by atoms with Gasteiger partial charge in [0.1, 0.15) is 17.4 Å². The molecule has 0 bridgehead atoms. The first-order valence-electron chi connectivity index (χ1n) is 4.85. The second kappa shape index (κ2) is 4.33. The predicted octanol–water partition coefficient (Wildman–Crippen LogP) is 2.06. The molecule has 1 aliphatic rings. The molecule has 0 saturated carbocycles. The molecule has 0 spiro atoms. The maximum atomic E-state index is 9.37. The van der Waals surface area contributed by atoms with Crippen LogP contribution in [0.15, 0.2) is 17.0 Å². The average Bonchev–Trinajstić information content (AvgIpc) is 2.62. The highest BCUT2D eigenvalue weighted by Crippen LogP contribution is 2.40. The fourth-order valence-electron chi connectivity index (χ4n) is 1.63. The van der Waals surface area contributed by atoms with Crippen molar-refractivity contribution in [2.45, 2.75) is 24.3 Å². The van der Waals surface area contributed by atoms with Crippen LogP contribution in [0.4, 0.5) is 0 Å². The van der Waals surface area contributed by atoms with Gasteiger partial charge in [-0.2, -0.15) is 0 Å². The van der Waals surface area contributed by atoms with Crippen LogP contribution in [0.5, 0.6) is 11.5 Å². The molecule has 0 aliphatic carbocycles. The Hall–Kier alpha value is -0.870. The number of aliphatic hydroxyl groups is 1. The summed E-state index contributed by atoms with van der Waals surface area (Å²) < 4.78 is 10.7. The van der Waals surface area contributed by atoms with E-state index in [1.165, 1.54) is 0 Å². The second-order valence-electron chi connectivity index (χ2n) is 3.57. The molecule has 3 nitrogen and oxygen atoms in total. The van der Waals surface area contributed by atoms with Crippen molar-refractivity contribution in [1.29, 1.82) is 0 Å². The molecule has 0 radical (unpaired) electrons. The lowest BCUT2D eigenvalue weighted by atomic mass is 10.1. The monoisotopic (exact) mass is 226 g/mol. The van der Waals surface area contributed by atoms with Gasteiger partial charge in [0.25, 0.3) is 0 Å². The van der Waals surface area contributed by atoms with Crippen molar-refractivity contribution in [2.24, 2.45) is 0 Å². The van der Waals surface area contributed by atoms with Crippen molar-refractivity contribution in [3.05, 3.63) is 17.7 Å². The largest absolute Gasteiger partial charge is 0.496 e. The van der Waals surface area contributed by atoms with Gasteiger partial charge >= 0.3 is 0 Å². The van der Waals surface area contributed by atoms with Gasteiger partial charge in [0, 0.05) is 12.0 Å². The first-order valence-corrected chi connectivity index (χ1v) is 5.84. The maximum Gasteiger partial charge on any atom is 0.138 e. The van der Waals surface area contributed by atoms with E-state index in [2.05, 4.69) is 0 Å². The fourth-order valence-corrected chi connectivity index (χ4v) is 2.40. The second-order valence-corrected chi connectivity index (χ2v) is 4.53. The molecule has 1 aromatic rings. The van der Waals surface area contributed by atoms with Crippen LogP contribution < -0.4 is 9.47 Å². The number of aliphatic hydroxyl groups excluding tert-OH is 1. The summed E-state index contributed by atoms with van der Waals surface area (Å²) >= 11 is 1.66. The lowest BCUT2D eigenvalue weighted by molar-refractivity contribution is 0.194. The van der Waals surface area contributed by atoms with E-state index in [0.717, 1.165) is 22.0 Å². The standard InChI is InChI=1S/C11H14O3S/c1-7(12)3-8-4-10-11(15-6-14-10)5-9(8)13-2/h4-5,7,12H,3,6H2,1-2H3. The summed E-state index contributed by atoms with van der Waals surface area (Å²) in [6.45, 7) is 1.77. The SMILES string of the molecule is COc1cc2c(cc1CC(C)O)OCS2. The quantitative estimate of drug-likeness (QED) is 0.856. The van der Waals surface area contributed by atoms with Crippen molar-refractivity contribution < 1.29 is 14.6 Å². The molecular formula is C11H14O3S. The molecule has 0 aromatic heterocycles. The molecule has 82 valence electrons. The smallest absolute Gasteiger partial charge is 0.138 e. The van der Waals surface area contributed by atoms with Crippen molar-refractivity contribution >= 4 is 11.8 Å². The number of ether oxygens (including phenoxy) is 2. The van der Waals surface area contributed by atoms with E-state index in [1.807, 2.05) is 12.1 Å². The van der Waals surface area contributed by atoms with Crippen LogP contribution in [0, 0.1) is 0 Å². The molecule has 1 atom stereocenters. The van der Waals surface area contributed by atoms with E-state index in [1.54, 1.807) is 25.8 Å². The van der Waals surface area contributed by atoms with Gasteiger partial charge in [-0.15, -0.1) is 0 Å². The van der Waals surface area contributed by atoms with E-state index in [-0.39, 0.29) is 6.10 Å². The van der Waals surface area contributed by atoms with Gasteiger partial charge in [-0.1, -0.05) is 11.8 Å². The molecule has 1 aromatic carbocycles. The highest BCUT2D eigenvalue weighted by molar-refractivity contribution is 7.99. The van der Waals surface area contributed by atoms with Crippen LogP contribution >= 0.6 is 11.8 Å². The number of hydrogen-bond acceptors (Lipinski definition) is 4. The summed E-state index contributed by atoms with van der Waals surface area (Å²) in [5.74, 6) is 2.39. The summed E-state index contributed by atoms with van der Waals surface area (Å²) in [4.78, 5) is 1.11. The molecule has 2 rings (SSSR count). The third-order valence-corrected chi connectivity index (χ3v) is 3.16. The third-order valence-electron chi connectivity index (χ3n) is 2.29. The molecule has 1 N–H and O–H groups in total. The summed E-state index contributed by atoms with van der Waals surface area (Å²) in [5, 5.41) is 9.37. The van der Waals surface area contributed by atoms with E-state index >= 15 is 0 Å². The van der Waals surface area contributed by atoms with Crippen LogP contribution in [0.2, 0.25) is 0 Å². The highest BCUT2D eigenvalue weighted by Gasteiger charge is 2.17. The minimum Gasteiger partial charge on any atom is -0.496 e. The summed E-state index contributed by atoms with van der Waals surface area (Å²) in [6.07, 6.45) is 0.218. The lowest BCUT2D eigenvalue weighted by Gasteiger charge is -2.11. The molecular weight excluding hydrogens is 212 g/mol. The third kappa shape index (κ3) is 2.21. The van der Waals surface area contributed by atoms with E-state index in [0.29, 0.717) is 12.4 Å². The number of hydrogen-bond donors (Lipinski definition) is 1. The van der Waals surface area contributed by atoms with Crippen molar-refractivity contribution in [3.63, 3.8) is 0 Å². The summed E-state index contributed by atoms with van der Waals surface area (Å²) in [5.41, 5.74) is 0.994. The number of methoxy groups -OCH3 is 1. The Kier molecular flexibility index (Phi) is 3.07. The van der Waals surface area contributed by atoms with E-state index in [9.17, 15) is 5.11 Å². The van der Waals surface area contributed by atoms with E-state index < -0.39 is 0 Å². The highest BCUT2D eigenvalue weighted by atomic mass is 32.2. The lowest BCUT2D eigenvalue weighted by Crippen LogP contribution is -2.05. The summed E-state index contributed by atoms with van der Waals surface area (Å²) in [7, 11) is 1.65. The van der Waals surface area contributed by atoms with Crippen molar-refractivity contribution in [1.82, 2.24) is 0 Å². The van der Waals surface area contributed by atoms with Crippen LogP contribution in [-0.4, -0.2) is 24.3 Å². The zero-order valence-corrected chi connectivity index (χ0v) is 9.63. The fraction of sp³-hybridized carbons (Fsp3) is 0.455. The molecule has 4 heteroatoms. The van der Waals surface area contributed by atoms with Gasteiger partial charge in [0.2, 0.25) is 0 Å². The normalized spacial score (nSPS) is 15.7. The Morgan fingerprint density at radius 1 is 1.60 bits per heavy atom. The number of thioether (sulfide) groups is 1. The number of fused-ring (bicyclic) bond motifs is 1. The number of benzene rings is 1. The Morgan fingerprint density at radius 3 is 3.07 bits per heavy atom. The molecule has 0 amide bonds. The maximum absolute atomic E-state index is 9.37. The molecule has 1 unspecified atom stereocenters. The Labute approximate surface area is 93.4 Å². The predicted molar refractivity (Wildman–Crippen MR) is 59.7 cm³/mol. The van der Waals surface area contributed by atoms with Gasteiger partial charge in [0.15, 0.2) is 0 Å². The zero-order valence-electron chi connectivity index (χ0n) is 8.82. The van der Waals surface area contributed by atoms with Gasteiger partial charge in [-0.25, -0.2) is 0 Å². The molecule has 1 aliphatic heterocycles. The van der Waals surface area contributed by atoms with Crippen molar-refractivity contribution in [2.75, 3.05) is 13.0 Å². The zero-order chi connectivity index (χ0) is 10.8. The first-order chi connectivity index (χ1) is 7.20. The Balaban J connectivity index is 2.35. The minimum atomic E-state index is -0.369. The Bertz CT molecular complexity index is 363. The van der Waals surface area contributed by atoms with Gasteiger partial charge in [-0.3, -0.25) is 0 Å². The van der Waals surface area contributed by atoms with Crippen LogP contribution in [0.25, 0.3) is 0 Å². The van der Waals surface area contributed by atoms with Crippen LogP contribution in [-0.2, 0) is 6.42 Å². The molecule has 0 fully saturated rings. The Morgan fingerprint density at radius 2 is 2.40 bits per heavy atom. The molecule has 15 heavy (non-hydrogen) atoms. The molecule has 0 saturated heterocycles. The first kappa shape index (κ1) is 10.6. The topological polar surface area (TPSA) is 38.7 Å².